The second kappa shape index (κ2) is 6.28. The Morgan fingerprint density at radius 1 is 1.00 bits per heavy atom. The normalized spacial score (nSPS) is 25.2. The van der Waals surface area contributed by atoms with Crippen molar-refractivity contribution in [2.24, 2.45) is 16.7 Å². The topological polar surface area (TPSA) is 26.3 Å². The number of carbonyl (C=O) groups is 1. The molecule has 0 unspecified atom stereocenters. The van der Waals surface area contributed by atoms with Gasteiger partial charge in [-0.25, -0.2) is 0 Å². The largest absolute Gasteiger partial charge is 0.462 e. The quantitative estimate of drug-likeness (QED) is 0.676. The molecule has 0 aromatic carbocycles. The van der Waals surface area contributed by atoms with Crippen LogP contribution >= 0.6 is 0 Å². The Kier molecular flexibility index (Phi) is 5.46. The first-order valence-corrected chi connectivity index (χ1v) is 7.77. The van der Waals surface area contributed by atoms with Gasteiger partial charge in [-0.15, -0.1) is 0 Å². The monoisotopic (exact) mass is 268 g/mol. The maximum atomic E-state index is 11.8. The van der Waals surface area contributed by atoms with E-state index in [4.69, 9.17) is 4.74 Å². The van der Waals surface area contributed by atoms with Crippen LogP contribution in [0.5, 0.6) is 0 Å². The van der Waals surface area contributed by atoms with Crippen LogP contribution in [0, 0.1) is 16.7 Å². The zero-order valence-electron chi connectivity index (χ0n) is 13.7. The Balaban J connectivity index is 2.28. The van der Waals surface area contributed by atoms with Crippen molar-refractivity contribution in [3.63, 3.8) is 0 Å². The summed E-state index contributed by atoms with van der Waals surface area (Å²) in [7, 11) is 0. The van der Waals surface area contributed by atoms with Gasteiger partial charge >= 0.3 is 5.97 Å². The minimum Gasteiger partial charge on any atom is -0.462 e. The lowest BCUT2D eigenvalue weighted by atomic mass is 9.72. The minimum absolute atomic E-state index is 0.00543. The van der Waals surface area contributed by atoms with Gasteiger partial charge in [0.25, 0.3) is 0 Å². The Morgan fingerprint density at radius 2 is 1.53 bits per heavy atom. The highest BCUT2D eigenvalue weighted by molar-refractivity contribution is 5.69. The van der Waals surface area contributed by atoms with Gasteiger partial charge < -0.3 is 4.74 Å². The smallest absolute Gasteiger partial charge is 0.306 e. The van der Waals surface area contributed by atoms with E-state index >= 15 is 0 Å². The first-order valence-electron chi connectivity index (χ1n) is 7.77. The number of rotatable bonds is 3. The van der Waals surface area contributed by atoms with E-state index in [0.29, 0.717) is 11.8 Å². The minimum atomic E-state index is -0.00543. The van der Waals surface area contributed by atoms with Crippen LogP contribution in [0.25, 0.3) is 0 Å². The molecule has 1 saturated carbocycles. The fourth-order valence-corrected chi connectivity index (χ4v) is 2.77. The molecule has 0 amide bonds. The predicted molar refractivity (Wildman–Crippen MR) is 80.0 cm³/mol. The number of esters is 1. The molecule has 0 aliphatic heterocycles. The van der Waals surface area contributed by atoms with Crippen LogP contribution in [0.4, 0.5) is 0 Å². The molecule has 2 heteroatoms. The lowest BCUT2D eigenvalue weighted by Crippen LogP contribution is -2.30. The van der Waals surface area contributed by atoms with E-state index in [-0.39, 0.29) is 17.5 Å². The van der Waals surface area contributed by atoms with Crippen molar-refractivity contribution >= 4 is 5.97 Å². The Morgan fingerprint density at radius 3 is 1.95 bits per heavy atom. The zero-order chi connectivity index (χ0) is 14.7. The van der Waals surface area contributed by atoms with Gasteiger partial charge in [-0.2, -0.15) is 0 Å². The van der Waals surface area contributed by atoms with Crippen LogP contribution in [0.2, 0.25) is 0 Å². The molecule has 1 rings (SSSR count). The predicted octanol–water partition coefficient (Wildman–Crippen LogP) is 4.96. The van der Waals surface area contributed by atoms with Crippen LogP contribution in [-0.4, -0.2) is 12.1 Å². The summed E-state index contributed by atoms with van der Waals surface area (Å²) in [6.07, 6.45) is 6.12. The molecular weight excluding hydrogens is 236 g/mol. The highest BCUT2D eigenvalue weighted by Crippen LogP contribution is 2.38. The summed E-state index contributed by atoms with van der Waals surface area (Å²) in [5, 5.41) is 0. The van der Waals surface area contributed by atoms with Crippen LogP contribution in [-0.2, 0) is 9.53 Å². The fraction of sp³-hybridized carbons (Fsp3) is 0.941. The molecule has 19 heavy (non-hydrogen) atoms. The van der Waals surface area contributed by atoms with Crippen LogP contribution < -0.4 is 0 Å². The summed E-state index contributed by atoms with van der Waals surface area (Å²) < 4.78 is 5.61. The summed E-state index contributed by atoms with van der Waals surface area (Å²) in [5.41, 5.74) is 0.601. The molecule has 0 radical (unpaired) electrons. The van der Waals surface area contributed by atoms with E-state index in [1.807, 2.05) is 0 Å². The van der Waals surface area contributed by atoms with Crippen molar-refractivity contribution in [3.05, 3.63) is 0 Å². The SMILES string of the molecule is CC(C)(C)CCC(=O)OC1CCC(C(C)(C)C)CC1. The maximum absolute atomic E-state index is 11.8. The number of hydrogen-bond donors (Lipinski definition) is 0. The molecule has 0 bridgehead atoms. The van der Waals surface area contributed by atoms with Crippen molar-refractivity contribution in [2.45, 2.75) is 86.2 Å². The highest BCUT2D eigenvalue weighted by Gasteiger charge is 2.31. The summed E-state index contributed by atoms with van der Waals surface area (Å²) in [6, 6.07) is 0. The van der Waals surface area contributed by atoms with Gasteiger partial charge in [0.2, 0.25) is 0 Å². The molecule has 0 heterocycles. The molecule has 0 N–H and O–H groups in total. The van der Waals surface area contributed by atoms with Gasteiger partial charge in [-0.1, -0.05) is 41.5 Å². The van der Waals surface area contributed by atoms with Gasteiger partial charge in [0.15, 0.2) is 0 Å². The molecule has 0 atom stereocenters. The van der Waals surface area contributed by atoms with Gasteiger partial charge in [-0.3, -0.25) is 4.79 Å². The zero-order valence-corrected chi connectivity index (χ0v) is 13.7. The fourth-order valence-electron chi connectivity index (χ4n) is 2.77. The lowest BCUT2D eigenvalue weighted by Gasteiger charge is -2.36. The van der Waals surface area contributed by atoms with Gasteiger partial charge in [0.05, 0.1) is 0 Å². The molecule has 112 valence electrons. The third-order valence-electron chi connectivity index (χ3n) is 4.28. The molecule has 1 fully saturated rings. The molecular formula is C17H32O2. The van der Waals surface area contributed by atoms with Crippen molar-refractivity contribution < 1.29 is 9.53 Å². The molecule has 2 nitrogen and oxygen atoms in total. The second-order valence-electron chi connectivity index (χ2n) is 8.39. The van der Waals surface area contributed by atoms with Crippen molar-refractivity contribution in [2.75, 3.05) is 0 Å². The average molecular weight is 268 g/mol. The van der Waals surface area contributed by atoms with Crippen LogP contribution in [0.3, 0.4) is 0 Å². The van der Waals surface area contributed by atoms with E-state index < -0.39 is 0 Å². The van der Waals surface area contributed by atoms with E-state index in [9.17, 15) is 4.79 Å². The summed E-state index contributed by atoms with van der Waals surface area (Å²) >= 11 is 0. The van der Waals surface area contributed by atoms with Crippen molar-refractivity contribution in [3.8, 4) is 0 Å². The summed E-state index contributed by atoms with van der Waals surface area (Å²) in [4.78, 5) is 11.8. The molecule has 0 aromatic heterocycles. The van der Waals surface area contributed by atoms with Gasteiger partial charge in [-0.05, 0) is 48.9 Å². The second-order valence-corrected chi connectivity index (χ2v) is 8.39. The van der Waals surface area contributed by atoms with E-state index in [0.717, 1.165) is 25.2 Å². The average Bonchev–Trinajstić information content (AvgIpc) is 2.25. The molecule has 0 saturated heterocycles. The Hall–Kier alpha value is -0.530. The number of hydrogen-bond acceptors (Lipinski definition) is 2. The lowest BCUT2D eigenvalue weighted by molar-refractivity contribution is -0.152. The van der Waals surface area contributed by atoms with Gasteiger partial charge in [0.1, 0.15) is 6.10 Å². The number of ether oxygens (including phenoxy) is 1. The standard InChI is InChI=1S/C17H32O2/c1-16(2,3)12-11-15(18)19-14-9-7-13(8-10-14)17(4,5)6/h13-14H,7-12H2,1-6H3. The number of carbonyl (C=O) groups excluding carboxylic acids is 1. The maximum Gasteiger partial charge on any atom is 0.306 e. The van der Waals surface area contributed by atoms with E-state index in [1.54, 1.807) is 0 Å². The van der Waals surface area contributed by atoms with Crippen LogP contribution in [0.15, 0.2) is 0 Å². The van der Waals surface area contributed by atoms with Crippen LogP contribution in [0.1, 0.15) is 80.1 Å². The van der Waals surface area contributed by atoms with Crippen molar-refractivity contribution in [1.29, 1.82) is 0 Å². The summed E-state index contributed by atoms with van der Waals surface area (Å²) in [6.45, 7) is 13.4. The molecule has 0 spiro atoms. The van der Waals surface area contributed by atoms with Gasteiger partial charge in [0, 0.05) is 6.42 Å². The third kappa shape index (κ3) is 6.44. The molecule has 1 aliphatic carbocycles. The Labute approximate surface area is 119 Å². The Bertz CT molecular complexity index is 285. The first-order chi connectivity index (χ1) is 8.58. The van der Waals surface area contributed by atoms with Crippen molar-refractivity contribution in [1.82, 2.24) is 0 Å². The highest BCUT2D eigenvalue weighted by atomic mass is 16.5. The third-order valence-corrected chi connectivity index (χ3v) is 4.28. The van der Waals surface area contributed by atoms with E-state index in [1.165, 1.54) is 12.8 Å². The molecule has 0 aromatic rings. The molecule has 1 aliphatic rings. The first kappa shape index (κ1) is 16.5. The summed E-state index contributed by atoms with van der Waals surface area (Å²) in [5.74, 6) is 0.770. The van der Waals surface area contributed by atoms with E-state index in [2.05, 4.69) is 41.5 Å².